The van der Waals surface area contributed by atoms with Crippen LogP contribution in [0.1, 0.15) is 6.92 Å². The van der Waals surface area contributed by atoms with Crippen molar-refractivity contribution in [2.75, 3.05) is 45.0 Å². The Kier molecular flexibility index (Phi) is 8.31. The number of alkyl halides is 1. The highest BCUT2D eigenvalue weighted by Crippen LogP contribution is 2.08. The minimum atomic E-state index is -3.36. The first kappa shape index (κ1) is 16.1. The van der Waals surface area contributed by atoms with Crippen molar-refractivity contribution in [3.05, 3.63) is 0 Å². The van der Waals surface area contributed by atoms with Gasteiger partial charge in [-0.05, 0) is 5.92 Å². The summed E-state index contributed by atoms with van der Waals surface area (Å²) in [4.78, 5) is 0. The zero-order valence-electron chi connectivity index (χ0n) is 9.73. The van der Waals surface area contributed by atoms with E-state index < -0.39 is 10.0 Å². The van der Waals surface area contributed by atoms with Gasteiger partial charge in [0, 0.05) is 26.1 Å². The Balaban J connectivity index is 4.48. The van der Waals surface area contributed by atoms with E-state index in [1.807, 2.05) is 0 Å². The highest BCUT2D eigenvalue weighted by atomic mass is 35.5. The topological polar surface area (TPSA) is 66.8 Å². The van der Waals surface area contributed by atoms with Crippen LogP contribution >= 0.6 is 11.6 Å². The molecule has 98 valence electrons. The Morgan fingerprint density at radius 3 is 2.50 bits per heavy atom. The molecule has 0 saturated carbocycles. The molecule has 0 amide bonds. The molecule has 1 atom stereocenters. The summed E-state index contributed by atoms with van der Waals surface area (Å²) in [5, 5.41) is 8.82. The number of hydrogen-bond donors (Lipinski definition) is 1. The molecule has 0 aliphatic carbocycles. The molecule has 0 saturated heterocycles. The molecule has 5 nitrogen and oxygen atoms in total. The van der Waals surface area contributed by atoms with Crippen molar-refractivity contribution in [1.29, 1.82) is 0 Å². The van der Waals surface area contributed by atoms with E-state index >= 15 is 0 Å². The fraction of sp³-hybridized carbons (Fsp3) is 1.00. The van der Waals surface area contributed by atoms with Gasteiger partial charge in [0.05, 0.1) is 19.0 Å². The molecular formula is C9H20ClNO4S. The van der Waals surface area contributed by atoms with Gasteiger partial charge in [-0.3, -0.25) is 0 Å². The summed E-state index contributed by atoms with van der Waals surface area (Å²) in [7, 11) is -1.85. The lowest BCUT2D eigenvalue weighted by molar-refractivity contribution is 0.168. The molecule has 0 rings (SSSR count). The molecule has 0 aromatic rings. The maximum Gasteiger partial charge on any atom is 0.214 e. The molecule has 0 aromatic carbocycles. The van der Waals surface area contributed by atoms with E-state index in [1.165, 1.54) is 11.4 Å². The first-order chi connectivity index (χ1) is 7.47. The Morgan fingerprint density at radius 2 is 2.06 bits per heavy atom. The van der Waals surface area contributed by atoms with Gasteiger partial charge < -0.3 is 9.84 Å². The van der Waals surface area contributed by atoms with Gasteiger partial charge in [0.2, 0.25) is 10.0 Å². The third-order valence-corrected chi connectivity index (χ3v) is 4.72. The molecule has 7 heteroatoms. The smallest absolute Gasteiger partial charge is 0.214 e. The van der Waals surface area contributed by atoms with E-state index in [9.17, 15) is 8.42 Å². The van der Waals surface area contributed by atoms with Crippen molar-refractivity contribution < 1.29 is 18.3 Å². The molecule has 1 unspecified atom stereocenters. The van der Waals surface area contributed by atoms with Gasteiger partial charge in [-0.15, -0.1) is 11.6 Å². The highest BCUT2D eigenvalue weighted by molar-refractivity contribution is 7.89. The average Bonchev–Trinajstić information content (AvgIpc) is 2.23. The van der Waals surface area contributed by atoms with Crippen LogP contribution in [0.5, 0.6) is 0 Å². The Labute approximate surface area is 102 Å². The minimum Gasteiger partial charge on any atom is -0.395 e. The van der Waals surface area contributed by atoms with Crippen LogP contribution in [0.3, 0.4) is 0 Å². The Morgan fingerprint density at radius 1 is 1.44 bits per heavy atom. The lowest BCUT2D eigenvalue weighted by atomic mass is 10.3. The van der Waals surface area contributed by atoms with Gasteiger partial charge in [-0.2, -0.15) is 4.31 Å². The number of ether oxygens (including phenoxy) is 1. The zero-order chi connectivity index (χ0) is 12.6. The maximum atomic E-state index is 11.9. The quantitative estimate of drug-likeness (QED) is 0.607. The second kappa shape index (κ2) is 8.25. The van der Waals surface area contributed by atoms with Crippen LogP contribution in [0, 0.1) is 5.92 Å². The van der Waals surface area contributed by atoms with Crippen LogP contribution in [0.15, 0.2) is 0 Å². The highest BCUT2D eigenvalue weighted by Gasteiger charge is 2.23. The molecule has 0 spiro atoms. The van der Waals surface area contributed by atoms with E-state index in [2.05, 4.69) is 0 Å². The van der Waals surface area contributed by atoms with Crippen molar-refractivity contribution in [3.63, 3.8) is 0 Å². The number of nitrogens with zero attached hydrogens (tertiary/aromatic N) is 1. The molecule has 0 aliphatic rings. The first-order valence-electron chi connectivity index (χ1n) is 5.11. The number of aliphatic hydroxyl groups excluding tert-OH is 1. The molecule has 0 bridgehead atoms. The molecule has 0 heterocycles. The van der Waals surface area contributed by atoms with Crippen molar-refractivity contribution >= 4 is 21.6 Å². The average molecular weight is 274 g/mol. The number of rotatable bonds is 9. The predicted octanol–water partition coefficient (Wildman–Crippen LogP) is 0.132. The number of methoxy groups -OCH3 is 1. The number of halogens is 1. The Bertz CT molecular complexity index is 271. The van der Waals surface area contributed by atoms with Gasteiger partial charge >= 0.3 is 0 Å². The summed E-state index contributed by atoms with van der Waals surface area (Å²) >= 11 is 5.59. The second-order valence-corrected chi connectivity index (χ2v) is 5.98. The molecule has 0 aromatic heterocycles. The number of aliphatic hydroxyl groups is 1. The first-order valence-corrected chi connectivity index (χ1v) is 7.25. The summed E-state index contributed by atoms with van der Waals surface area (Å²) in [5.41, 5.74) is 0. The lowest BCUT2D eigenvalue weighted by Crippen LogP contribution is -2.39. The van der Waals surface area contributed by atoms with Crippen molar-refractivity contribution in [1.82, 2.24) is 4.31 Å². The summed E-state index contributed by atoms with van der Waals surface area (Å²) in [6, 6.07) is 0. The van der Waals surface area contributed by atoms with Crippen molar-refractivity contribution in [3.8, 4) is 0 Å². The minimum absolute atomic E-state index is 0.000213. The fourth-order valence-corrected chi connectivity index (χ4v) is 3.20. The normalized spacial score (nSPS) is 14.3. The monoisotopic (exact) mass is 273 g/mol. The van der Waals surface area contributed by atoms with E-state index in [-0.39, 0.29) is 31.4 Å². The van der Waals surface area contributed by atoms with Crippen LogP contribution in [-0.2, 0) is 14.8 Å². The SMILES string of the molecule is COCCN(CCO)S(=O)(=O)CC(C)CCl. The standard InChI is InChI=1S/C9H20ClNO4S/c1-9(7-10)8-16(13,14)11(3-5-12)4-6-15-2/h9,12H,3-8H2,1-2H3. The third-order valence-electron chi connectivity index (χ3n) is 2.05. The van der Waals surface area contributed by atoms with E-state index in [0.29, 0.717) is 12.5 Å². The largest absolute Gasteiger partial charge is 0.395 e. The maximum absolute atomic E-state index is 11.9. The van der Waals surface area contributed by atoms with Crippen LogP contribution in [0.2, 0.25) is 0 Å². The van der Waals surface area contributed by atoms with Crippen LogP contribution in [0.4, 0.5) is 0 Å². The number of sulfonamides is 1. The lowest BCUT2D eigenvalue weighted by Gasteiger charge is -2.22. The molecule has 1 N–H and O–H groups in total. The van der Waals surface area contributed by atoms with Gasteiger partial charge in [-0.25, -0.2) is 8.42 Å². The van der Waals surface area contributed by atoms with Gasteiger partial charge in [-0.1, -0.05) is 6.92 Å². The molecule has 0 aliphatic heterocycles. The fourth-order valence-electron chi connectivity index (χ4n) is 1.20. The van der Waals surface area contributed by atoms with Crippen LogP contribution in [0.25, 0.3) is 0 Å². The zero-order valence-corrected chi connectivity index (χ0v) is 11.3. The predicted molar refractivity (Wildman–Crippen MR) is 64.2 cm³/mol. The van der Waals surface area contributed by atoms with Crippen molar-refractivity contribution in [2.24, 2.45) is 5.92 Å². The van der Waals surface area contributed by atoms with Gasteiger partial charge in [0.1, 0.15) is 0 Å². The summed E-state index contributed by atoms with van der Waals surface area (Å²) < 4.78 is 29.9. The van der Waals surface area contributed by atoms with E-state index in [1.54, 1.807) is 6.92 Å². The Hall–Kier alpha value is 0.120. The van der Waals surface area contributed by atoms with Crippen molar-refractivity contribution in [2.45, 2.75) is 6.92 Å². The van der Waals surface area contributed by atoms with Crippen LogP contribution < -0.4 is 0 Å². The third kappa shape index (κ3) is 6.00. The van der Waals surface area contributed by atoms with Gasteiger partial charge in [0.25, 0.3) is 0 Å². The van der Waals surface area contributed by atoms with Crippen LogP contribution in [-0.4, -0.2) is 62.9 Å². The summed E-state index contributed by atoms with van der Waals surface area (Å²) in [6.45, 7) is 2.25. The number of hydrogen-bond acceptors (Lipinski definition) is 4. The molecule has 16 heavy (non-hydrogen) atoms. The van der Waals surface area contributed by atoms with E-state index in [0.717, 1.165) is 0 Å². The second-order valence-electron chi connectivity index (χ2n) is 3.65. The molecule has 0 radical (unpaired) electrons. The van der Waals surface area contributed by atoms with Gasteiger partial charge in [0.15, 0.2) is 0 Å². The van der Waals surface area contributed by atoms with E-state index in [4.69, 9.17) is 21.4 Å². The summed E-state index contributed by atoms with van der Waals surface area (Å²) in [6.07, 6.45) is 0. The summed E-state index contributed by atoms with van der Waals surface area (Å²) in [5.74, 6) is 0.201. The molecular weight excluding hydrogens is 254 g/mol. The molecule has 0 fully saturated rings.